The van der Waals surface area contributed by atoms with Crippen molar-refractivity contribution in [3.05, 3.63) is 52.5 Å². The summed E-state index contributed by atoms with van der Waals surface area (Å²) in [7, 11) is -1.04. The minimum atomic E-state index is -3.78. The van der Waals surface area contributed by atoms with Crippen LogP contribution in [0.2, 0.25) is 5.02 Å². The Morgan fingerprint density at radius 2 is 1.67 bits per heavy atom. The number of hydrogen-bond acceptors (Lipinski definition) is 6. The highest BCUT2D eigenvalue weighted by molar-refractivity contribution is 7.89. The third-order valence-electron chi connectivity index (χ3n) is 3.89. The fourth-order valence-corrected chi connectivity index (χ4v) is 3.91. The summed E-state index contributed by atoms with van der Waals surface area (Å²) >= 11 is 5.97. The van der Waals surface area contributed by atoms with E-state index in [9.17, 15) is 18.0 Å². The zero-order valence-electron chi connectivity index (χ0n) is 17.1. The standard InChI is InChI=1S/C20H23ClN2O6S/c1-13-7-14(2)9-16(8-13)28-12-20(25)29-11-19(24)22-15-5-6-17(21)18(10-15)30(26,27)23(3)4/h5-10H,11-12H2,1-4H3,(H,22,24). The molecule has 0 aliphatic carbocycles. The topological polar surface area (TPSA) is 102 Å². The predicted molar refractivity (Wildman–Crippen MR) is 113 cm³/mol. The van der Waals surface area contributed by atoms with Crippen molar-refractivity contribution in [1.82, 2.24) is 4.31 Å². The van der Waals surface area contributed by atoms with E-state index in [-0.39, 0.29) is 22.2 Å². The fraction of sp³-hybridized carbons (Fsp3) is 0.300. The van der Waals surface area contributed by atoms with Gasteiger partial charge in [0, 0.05) is 19.8 Å². The second kappa shape index (κ2) is 9.92. The van der Waals surface area contributed by atoms with Gasteiger partial charge in [-0.3, -0.25) is 4.79 Å². The molecule has 10 heteroatoms. The number of hydrogen-bond donors (Lipinski definition) is 1. The molecule has 2 aromatic carbocycles. The van der Waals surface area contributed by atoms with Crippen LogP contribution in [-0.2, 0) is 24.3 Å². The number of rotatable bonds is 8. The van der Waals surface area contributed by atoms with E-state index in [0.717, 1.165) is 15.4 Å². The van der Waals surface area contributed by atoms with Gasteiger partial charge in [-0.15, -0.1) is 0 Å². The average Bonchev–Trinajstić information content (AvgIpc) is 2.65. The zero-order chi connectivity index (χ0) is 22.5. The number of anilines is 1. The minimum Gasteiger partial charge on any atom is -0.482 e. The third kappa shape index (κ3) is 6.45. The van der Waals surface area contributed by atoms with E-state index in [1.54, 1.807) is 12.1 Å². The maximum absolute atomic E-state index is 12.3. The summed E-state index contributed by atoms with van der Waals surface area (Å²) < 4.78 is 35.8. The first-order valence-electron chi connectivity index (χ1n) is 8.87. The highest BCUT2D eigenvalue weighted by atomic mass is 35.5. The maximum Gasteiger partial charge on any atom is 0.344 e. The first-order chi connectivity index (χ1) is 14.0. The molecule has 0 aromatic heterocycles. The first kappa shape index (κ1) is 23.7. The molecule has 2 rings (SSSR count). The van der Waals surface area contributed by atoms with Crippen LogP contribution >= 0.6 is 11.6 Å². The molecule has 0 spiro atoms. The normalized spacial score (nSPS) is 11.3. The van der Waals surface area contributed by atoms with Crippen LogP contribution in [0, 0.1) is 13.8 Å². The van der Waals surface area contributed by atoms with Gasteiger partial charge in [0.1, 0.15) is 10.6 Å². The van der Waals surface area contributed by atoms with E-state index in [4.69, 9.17) is 21.1 Å². The van der Waals surface area contributed by atoms with Crippen LogP contribution in [-0.4, -0.2) is 51.9 Å². The van der Waals surface area contributed by atoms with Crippen LogP contribution in [0.3, 0.4) is 0 Å². The summed E-state index contributed by atoms with van der Waals surface area (Å²) in [5, 5.41) is 2.49. The molecule has 0 bridgehead atoms. The zero-order valence-corrected chi connectivity index (χ0v) is 18.6. The van der Waals surface area contributed by atoms with Gasteiger partial charge >= 0.3 is 5.97 Å². The summed E-state index contributed by atoms with van der Waals surface area (Å²) in [5.74, 6) is -0.814. The number of esters is 1. The van der Waals surface area contributed by atoms with Gasteiger partial charge in [0.05, 0.1) is 5.02 Å². The Hall–Kier alpha value is -2.62. The molecule has 1 amide bonds. The molecule has 8 nitrogen and oxygen atoms in total. The molecule has 0 atom stereocenters. The van der Waals surface area contributed by atoms with Crippen molar-refractivity contribution in [3.8, 4) is 5.75 Å². The van der Waals surface area contributed by atoms with Crippen LogP contribution in [0.25, 0.3) is 0 Å². The molecule has 0 radical (unpaired) electrons. The van der Waals surface area contributed by atoms with Crippen molar-refractivity contribution in [2.75, 3.05) is 32.6 Å². The fourth-order valence-electron chi connectivity index (χ4n) is 2.52. The van der Waals surface area contributed by atoms with Gasteiger partial charge in [-0.2, -0.15) is 0 Å². The van der Waals surface area contributed by atoms with Gasteiger partial charge in [0.2, 0.25) is 10.0 Å². The predicted octanol–water partition coefficient (Wildman–Crippen LogP) is 2.77. The molecule has 0 fully saturated rings. The number of nitrogens with zero attached hydrogens (tertiary/aromatic N) is 1. The van der Waals surface area contributed by atoms with Crippen molar-refractivity contribution in [3.63, 3.8) is 0 Å². The second-order valence-electron chi connectivity index (χ2n) is 6.75. The number of benzene rings is 2. The minimum absolute atomic E-state index is 0.0247. The number of carbonyl (C=O) groups excluding carboxylic acids is 2. The van der Waals surface area contributed by atoms with Crippen molar-refractivity contribution in [2.24, 2.45) is 0 Å². The highest BCUT2D eigenvalue weighted by Crippen LogP contribution is 2.26. The first-order valence-corrected chi connectivity index (χ1v) is 10.7. The van der Waals surface area contributed by atoms with E-state index < -0.39 is 28.5 Å². The molecule has 0 saturated heterocycles. The van der Waals surface area contributed by atoms with E-state index in [0.29, 0.717) is 5.75 Å². The summed E-state index contributed by atoms with van der Waals surface area (Å²) in [5.41, 5.74) is 2.19. The molecule has 0 aliphatic heterocycles. The van der Waals surface area contributed by atoms with E-state index in [2.05, 4.69) is 5.32 Å². The van der Waals surface area contributed by atoms with Crippen LogP contribution in [0.4, 0.5) is 5.69 Å². The van der Waals surface area contributed by atoms with Crippen LogP contribution < -0.4 is 10.1 Å². The lowest BCUT2D eigenvalue weighted by molar-refractivity contribution is -0.149. The Morgan fingerprint density at radius 3 is 2.27 bits per heavy atom. The number of carbonyl (C=O) groups is 2. The van der Waals surface area contributed by atoms with Crippen molar-refractivity contribution >= 4 is 39.2 Å². The molecule has 0 saturated carbocycles. The molecule has 162 valence electrons. The van der Waals surface area contributed by atoms with Gasteiger partial charge in [0.15, 0.2) is 13.2 Å². The Morgan fingerprint density at radius 1 is 1.03 bits per heavy atom. The Labute approximate surface area is 180 Å². The second-order valence-corrected chi connectivity index (χ2v) is 9.28. The quantitative estimate of drug-likeness (QED) is 0.615. The average molecular weight is 455 g/mol. The smallest absolute Gasteiger partial charge is 0.344 e. The summed E-state index contributed by atoms with van der Waals surface area (Å²) in [6.45, 7) is 2.93. The summed E-state index contributed by atoms with van der Waals surface area (Å²) in [6, 6.07) is 9.58. The van der Waals surface area contributed by atoms with Crippen molar-refractivity contribution in [1.29, 1.82) is 0 Å². The van der Waals surface area contributed by atoms with E-state index in [1.165, 1.54) is 32.3 Å². The monoisotopic (exact) mass is 454 g/mol. The molecule has 2 aromatic rings. The van der Waals surface area contributed by atoms with E-state index in [1.807, 2.05) is 19.9 Å². The van der Waals surface area contributed by atoms with Crippen LogP contribution in [0.1, 0.15) is 11.1 Å². The van der Waals surface area contributed by atoms with Gasteiger partial charge in [-0.05, 0) is 55.3 Å². The number of halogens is 1. The number of ether oxygens (including phenoxy) is 2. The van der Waals surface area contributed by atoms with Crippen LogP contribution in [0.15, 0.2) is 41.3 Å². The van der Waals surface area contributed by atoms with Crippen molar-refractivity contribution in [2.45, 2.75) is 18.7 Å². The highest BCUT2D eigenvalue weighted by Gasteiger charge is 2.21. The molecule has 0 unspecified atom stereocenters. The van der Waals surface area contributed by atoms with Gasteiger partial charge in [0.25, 0.3) is 5.91 Å². The maximum atomic E-state index is 12.3. The van der Waals surface area contributed by atoms with Crippen molar-refractivity contribution < 1.29 is 27.5 Å². The lowest BCUT2D eigenvalue weighted by atomic mass is 10.1. The Kier molecular flexibility index (Phi) is 7.83. The number of sulfonamides is 1. The SMILES string of the molecule is Cc1cc(C)cc(OCC(=O)OCC(=O)Nc2ccc(Cl)c(S(=O)(=O)N(C)C)c2)c1. The third-order valence-corrected chi connectivity index (χ3v) is 6.19. The largest absolute Gasteiger partial charge is 0.482 e. The van der Waals surface area contributed by atoms with Gasteiger partial charge in [-0.25, -0.2) is 17.5 Å². The molecular weight excluding hydrogens is 432 g/mol. The van der Waals surface area contributed by atoms with E-state index >= 15 is 0 Å². The Bertz CT molecular complexity index is 1030. The van der Waals surface area contributed by atoms with Gasteiger partial charge < -0.3 is 14.8 Å². The lowest BCUT2D eigenvalue weighted by Gasteiger charge is -2.14. The summed E-state index contributed by atoms with van der Waals surface area (Å²) in [4.78, 5) is 23.7. The molecule has 1 N–H and O–H groups in total. The Balaban J connectivity index is 1.91. The molecule has 0 aliphatic rings. The summed E-state index contributed by atoms with van der Waals surface area (Å²) in [6.07, 6.45) is 0. The van der Waals surface area contributed by atoms with Gasteiger partial charge in [-0.1, -0.05) is 17.7 Å². The number of amides is 1. The van der Waals surface area contributed by atoms with Crippen LogP contribution in [0.5, 0.6) is 5.75 Å². The number of aryl methyl sites for hydroxylation is 2. The molecule has 30 heavy (non-hydrogen) atoms. The molecule has 0 heterocycles. The molecular formula is C20H23ClN2O6S. The lowest BCUT2D eigenvalue weighted by Crippen LogP contribution is -2.24. The number of nitrogens with one attached hydrogen (secondary N) is 1.